The van der Waals surface area contributed by atoms with E-state index >= 15 is 0 Å². The van der Waals surface area contributed by atoms with E-state index in [9.17, 15) is 0 Å². The number of nitrogens with zero attached hydrogens (tertiary/aromatic N) is 4. The van der Waals surface area contributed by atoms with Gasteiger partial charge in [-0.25, -0.2) is 0 Å². The molecule has 0 radical (unpaired) electrons. The average molecular weight is 466 g/mol. The zero-order chi connectivity index (χ0) is 23.0. The fourth-order valence-corrected chi connectivity index (χ4v) is 6.47. The number of thioether (sulfide) groups is 1. The summed E-state index contributed by atoms with van der Waals surface area (Å²) in [6, 6.07) is 13.5. The molecule has 1 aliphatic heterocycles. The van der Waals surface area contributed by atoms with E-state index in [-0.39, 0.29) is 0 Å². The Kier molecular flexibility index (Phi) is 6.54. The molecule has 0 saturated heterocycles. The third-order valence-corrected chi connectivity index (χ3v) is 8.02. The number of aromatic nitrogens is 1. The van der Waals surface area contributed by atoms with E-state index in [1.165, 1.54) is 47.8 Å². The lowest BCUT2D eigenvalue weighted by atomic mass is 10.2. The molecular formula is C26H33N4S2+. The molecule has 0 amide bonds. The van der Waals surface area contributed by atoms with Crippen LogP contribution in [0.1, 0.15) is 25.8 Å². The van der Waals surface area contributed by atoms with Gasteiger partial charge in [0.25, 0.3) is 5.01 Å². The van der Waals surface area contributed by atoms with Gasteiger partial charge in [0.1, 0.15) is 11.2 Å². The molecule has 0 fully saturated rings. The van der Waals surface area contributed by atoms with Crippen molar-refractivity contribution in [2.75, 3.05) is 49.4 Å². The summed E-state index contributed by atoms with van der Waals surface area (Å²) in [6.07, 6.45) is 4.66. The second-order valence-corrected chi connectivity index (χ2v) is 10.6. The van der Waals surface area contributed by atoms with Crippen LogP contribution in [-0.4, -0.2) is 34.7 Å². The van der Waals surface area contributed by atoms with Crippen molar-refractivity contribution in [3.05, 3.63) is 58.1 Å². The highest BCUT2D eigenvalue weighted by atomic mass is 32.2. The van der Waals surface area contributed by atoms with Crippen molar-refractivity contribution in [3.63, 3.8) is 0 Å². The van der Waals surface area contributed by atoms with Crippen molar-refractivity contribution in [1.82, 2.24) is 0 Å². The van der Waals surface area contributed by atoms with Crippen LogP contribution in [0.2, 0.25) is 0 Å². The highest BCUT2D eigenvalue weighted by Crippen LogP contribution is 2.47. The van der Waals surface area contributed by atoms with Crippen LogP contribution in [0.4, 0.5) is 17.1 Å². The van der Waals surface area contributed by atoms with Gasteiger partial charge in [-0.1, -0.05) is 23.1 Å². The van der Waals surface area contributed by atoms with Crippen molar-refractivity contribution in [2.24, 2.45) is 0 Å². The Labute approximate surface area is 200 Å². The number of hydrogen-bond acceptors (Lipinski definition) is 5. The van der Waals surface area contributed by atoms with Crippen LogP contribution in [0.3, 0.4) is 0 Å². The maximum Gasteiger partial charge on any atom is 0.262 e. The van der Waals surface area contributed by atoms with E-state index in [1.54, 1.807) is 0 Å². The Morgan fingerprint density at radius 3 is 2.34 bits per heavy atom. The van der Waals surface area contributed by atoms with Crippen LogP contribution in [0, 0.1) is 0 Å². The van der Waals surface area contributed by atoms with Gasteiger partial charge < -0.3 is 14.7 Å². The van der Waals surface area contributed by atoms with Crippen LogP contribution in [0.15, 0.2) is 58.0 Å². The van der Waals surface area contributed by atoms with E-state index < -0.39 is 0 Å². The third-order valence-electron chi connectivity index (χ3n) is 5.80. The van der Waals surface area contributed by atoms with Crippen LogP contribution in [0.5, 0.6) is 0 Å². The van der Waals surface area contributed by atoms with Gasteiger partial charge in [-0.3, -0.25) is 0 Å². The Hall–Kier alpha value is -2.44. The number of benzene rings is 2. The van der Waals surface area contributed by atoms with Crippen LogP contribution >= 0.6 is 23.1 Å². The Morgan fingerprint density at radius 2 is 1.69 bits per heavy atom. The maximum atomic E-state index is 2.42. The van der Waals surface area contributed by atoms with Crippen LogP contribution in [-0.2, 0) is 6.54 Å². The predicted octanol–water partition coefficient (Wildman–Crippen LogP) is 6.22. The quantitative estimate of drug-likeness (QED) is 0.401. The summed E-state index contributed by atoms with van der Waals surface area (Å²) in [7, 11) is 8.39. The molecule has 0 saturated carbocycles. The molecule has 32 heavy (non-hydrogen) atoms. The normalized spacial score (nSPS) is 15.0. The highest BCUT2D eigenvalue weighted by Gasteiger charge is 2.25. The second kappa shape index (κ2) is 9.20. The molecule has 1 aliphatic rings. The lowest BCUT2D eigenvalue weighted by Crippen LogP contribution is -2.33. The van der Waals surface area contributed by atoms with E-state index in [0.29, 0.717) is 0 Å². The van der Waals surface area contributed by atoms with Gasteiger partial charge in [-0.2, -0.15) is 4.57 Å². The smallest absolute Gasteiger partial charge is 0.262 e. The number of thiazole rings is 1. The molecule has 2 aromatic carbocycles. The van der Waals surface area contributed by atoms with Crippen LogP contribution < -0.4 is 19.3 Å². The van der Waals surface area contributed by atoms with Gasteiger partial charge >= 0.3 is 0 Å². The first-order valence-electron chi connectivity index (χ1n) is 11.1. The predicted molar refractivity (Wildman–Crippen MR) is 143 cm³/mol. The van der Waals surface area contributed by atoms with Crippen molar-refractivity contribution < 1.29 is 4.57 Å². The zero-order valence-corrected chi connectivity index (χ0v) is 21.8. The number of rotatable bonds is 6. The topological polar surface area (TPSA) is 13.6 Å². The molecule has 0 atom stereocenters. The first-order valence-corrected chi connectivity index (χ1v) is 12.8. The van der Waals surface area contributed by atoms with Crippen molar-refractivity contribution in [1.29, 1.82) is 0 Å². The van der Waals surface area contributed by atoms with E-state index in [2.05, 4.69) is 117 Å². The number of fused-ring (bicyclic) bond motifs is 2. The molecule has 0 unspecified atom stereocenters. The standard InChI is InChI=1S/C26H33N4S2/c1-8-29-21-16-19(27(4)5)10-12-23(21)31-25(29)14-18(3)15-26-30(9-2)22-17-20(28(6)7)11-13-24(22)32-26/h10-17H,8-9H2,1-7H3/q+1. The lowest BCUT2D eigenvalue weighted by molar-refractivity contribution is -0.665. The summed E-state index contributed by atoms with van der Waals surface area (Å²) in [5, 5.41) is 2.59. The molecule has 6 heteroatoms. The van der Waals surface area contributed by atoms with Gasteiger partial charge in [0, 0.05) is 63.1 Å². The SMILES string of the molecule is CCN1C(=CC(C)=Cc2sc3ccc(N(C)C)cc3[n+]2CC)Sc2ccc(N(C)C)cc21. The minimum absolute atomic E-state index is 0.959. The highest BCUT2D eigenvalue weighted by molar-refractivity contribution is 8.03. The lowest BCUT2D eigenvalue weighted by Gasteiger charge is -2.20. The molecule has 0 aliphatic carbocycles. The minimum Gasteiger partial charge on any atom is -0.378 e. The summed E-state index contributed by atoms with van der Waals surface area (Å²) in [4.78, 5) is 8.08. The molecule has 168 valence electrons. The van der Waals surface area contributed by atoms with Gasteiger partial charge in [0.2, 0.25) is 5.52 Å². The summed E-state index contributed by atoms with van der Waals surface area (Å²) < 4.78 is 3.75. The summed E-state index contributed by atoms with van der Waals surface area (Å²) in [6.45, 7) is 8.59. The first-order chi connectivity index (χ1) is 15.3. The Bertz CT molecular complexity index is 1200. The molecule has 4 nitrogen and oxygen atoms in total. The Morgan fingerprint density at radius 1 is 1.00 bits per heavy atom. The number of anilines is 3. The zero-order valence-electron chi connectivity index (χ0n) is 20.1. The Balaban J connectivity index is 1.69. The number of hydrogen-bond donors (Lipinski definition) is 0. The van der Waals surface area contributed by atoms with Gasteiger partial charge in [0.15, 0.2) is 0 Å². The molecular weight excluding hydrogens is 432 g/mol. The maximum absolute atomic E-state index is 2.42. The number of aryl methyl sites for hydroxylation is 1. The van der Waals surface area contributed by atoms with E-state index in [0.717, 1.165) is 13.1 Å². The van der Waals surface area contributed by atoms with E-state index in [4.69, 9.17) is 0 Å². The van der Waals surface area contributed by atoms with Crippen molar-refractivity contribution in [2.45, 2.75) is 32.2 Å². The van der Waals surface area contributed by atoms with Crippen molar-refractivity contribution >= 4 is 56.5 Å². The molecule has 3 aromatic rings. The third kappa shape index (κ3) is 4.26. The molecule has 0 N–H and O–H groups in total. The second-order valence-electron chi connectivity index (χ2n) is 8.49. The minimum atomic E-state index is 0.959. The van der Waals surface area contributed by atoms with Gasteiger partial charge in [-0.15, -0.1) is 0 Å². The van der Waals surface area contributed by atoms with Crippen molar-refractivity contribution in [3.8, 4) is 0 Å². The van der Waals surface area contributed by atoms with Crippen LogP contribution in [0.25, 0.3) is 16.3 Å². The largest absolute Gasteiger partial charge is 0.378 e. The summed E-state index contributed by atoms with van der Waals surface area (Å²) in [5.74, 6) is 0. The molecule has 0 bridgehead atoms. The molecule has 0 spiro atoms. The molecule has 2 heterocycles. The average Bonchev–Trinajstić information content (AvgIpc) is 3.28. The fourth-order valence-electron chi connectivity index (χ4n) is 4.03. The van der Waals surface area contributed by atoms with Gasteiger partial charge in [0.05, 0.1) is 10.7 Å². The molecule has 4 rings (SSSR count). The summed E-state index contributed by atoms with van der Waals surface area (Å²) in [5.41, 5.74) is 6.37. The summed E-state index contributed by atoms with van der Waals surface area (Å²) >= 11 is 3.73. The van der Waals surface area contributed by atoms with E-state index in [1.807, 2.05) is 23.1 Å². The monoisotopic (exact) mass is 465 g/mol. The first kappa shape index (κ1) is 22.7. The number of allylic oxidation sites excluding steroid dienone is 2. The molecule has 1 aromatic heterocycles. The van der Waals surface area contributed by atoms with Gasteiger partial charge in [-0.05, 0) is 62.8 Å². The fraction of sp³-hybridized carbons (Fsp3) is 0.346.